The molecule has 2 amide bonds. The maximum atomic E-state index is 12.9. The Balaban J connectivity index is 1.29. The van der Waals surface area contributed by atoms with Crippen LogP contribution in [0.5, 0.6) is 11.5 Å². The van der Waals surface area contributed by atoms with E-state index in [0.717, 1.165) is 27.8 Å². The van der Waals surface area contributed by atoms with Gasteiger partial charge in [0.1, 0.15) is 11.5 Å². The number of pyridine rings is 1. The van der Waals surface area contributed by atoms with Crippen molar-refractivity contribution in [2.24, 2.45) is 13.0 Å². The van der Waals surface area contributed by atoms with Crippen LogP contribution in [-0.4, -0.2) is 57.1 Å². The van der Waals surface area contributed by atoms with Crippen molar-refractivity contribution < 1.29 is 19.4 Å². The van der Waals surface area contributed by atoms with E-state index in [2.05, 4.69) is 10.3 Å². The number of β-amino-alcohol motifs (C(OH)–C–C–N with tert-alkyl or cyclic N) is 1. The molecule has 9 heteroatoms. The van der Waals surface area contributed by atoms with Crippen LogP contribution in [0, 0.1) is 12.8 Å². The lowest BCUT2D eigenvalue weighted by molar-refractivity contribution is 0.0769. The van der Waals surface area contributed by atoms with Gasteiger partial charge in [0, 0.05) is 56.1 Å². The predicted molar refractivity (Wildman–Crippen MR) is 139 cm³/mol. The Morgan fingerprint density at radius 1 is 1.22 bits per heavy atom. The molecule has 36 heavy (non-hydrogen) atoms. The van der Waals surface area contributed by atoms with Crippen molar-refractivity contribution in [3.8, 4) is 11.5 Å². The van der Waals surface area contributed by atoms with Crippen molar-refractivity contribution in [3.05, 3.63) is 52.7 Å². The Labute approximate surface area is 212 Å². The molecule has 2 N–H and O–H groups in total. The first kappa shape index (κ1) is 23.0. The average Bonchev–Trinajstić information content (AvgIpc) is 3.33. The fraction of sp³-hybridized carbons (Fsp3) is 0.370. The van der Waals surface area contributed by atoms with E-state index in [-0.39, 0.29) is 11.8 Å². The lowest BCUT2D eigenvalue weighted by atomic mass is 10.1. The SMILES string of the molecule is Cc1c(C(=O)NCC2CC2)c2ccc(Oc3ccnc4cc(C(=O)N5CC[C@@H](O)C5)sc34)cc2n1C. The van der Waals surface area contributed by atoms with Gasteiger partial charge in [-0.15, -0.1) is 11.3 Å². The second-order valence-electron chi connectivity index (χ2n) is 9.78. The van der Waals surface area contributed by atoms with Crippen LogP contribution in [-0.2, 0) is 7.05 Å². The molecule has 1 aromatic carbocycles. The van der Waals surface area contributed by atoms with E-state index in [9.17, 15) is 14.7 Å². The summed E-state index contributed by atoms with van der Waals surface area (Å²) in [7, 11) is 1.95. The zero-order chi connectivity index (χ0) is 25.0. The van der Waals surface area contributed by atoms with Gasteiger partial charge in [0.2, 0.25) is 0 Å². The lowest BCUT2D eigenvalue weighted by Crippen LogP contribution is -2.28. The highest BCUT2D eigenvalue weighted by atomic mass is 32.1. The number of carbonyl (C=O) groups is 2. The van der Waals surface area contributed by atoms with Gasteiger partial charge in [-0.3, -0.25) is 14.6 Å². The molecular weight excluding hydrogens is 476 g/mol. The molecule has 8 nitrogen and oxygen atoms in total. The number of carbonyl (C=O) groups excluding carboxylic acids is 2. The van der Waals surface area contributed by atoms with E-state index in [1.807, 2.05) is 36.7 Å². The van der Waals surface area contributed by atoms with Crippen LogP contribution in [0.4, 0.5) is 0 Å². The number of amides is 2. The third kappa shape index (κ3) is 4.12. The molecule has 4 aromatic rings. The third-order valence-corrected chi connectivity index (χ3v) is 8.33. The van der Waals surface area contributed by atoms with E-state index in [1.54, 1.807) is 23.2 Å². The quantitative estimate of drug-likeness (QED) is 0.410. The fourth-order valence-corrected chi connectivity index (χ4v) is 5.88. The number of rotatable bonds is 6. The Morgan fingerprint density at radius 2 is 2.06 bits per heavy atom. The van der Waals surface area contributed by atoms with E-state index in [0.29, 0.717) is 52.9 Å². The first-order chi connectivity index (χ1) is 17.4. The lowest BCUT2D eigenvalue weighted by Gasteiger charge is -2.13. The zero-order valence-corrected chi connectivity index (χ0v) is 21.1. The Kier molecular flexibility index (Phi) is 5.69. The summed E-state index contributed by atoms with van der Waals surface area (Å²) in [4.78, 5) is 32.5. The zero-order valence-electron chi connectivity index (χ0n) is 20.3. The number of benzene rings is 1. The maximum Gasteiger partial charge on any atom is 0.264 e. The summed E-state index contributed by atoms with van der Waals surface area (Å²) < 4.78 is 9.09. The number of thiophene rings is 1. The van der Waals surface area contributed by atoms with Crippen LogP contribution in [0.2, 0.25) is 0 Å². The number of aliphatic hydroxyl groups excluding tert-OH is 1. The van der Waals surface area contributed by atoms with Gasteiger partial charge in [0.05, 0.1) is 32.3 Å². The van der Waals surface area contributed by atoms with Crippen molar-refractivity contribution >= 4 is 44.3 Å². The maximum absolute atomic E-state index is 12.9. The molecule has 1 atom stereocenters. The molecule has 0 unspecified atom stereocenters. The van der Waals surface area contributed by atoms with Gasteiger partial charge in [0.15, 0.2) is 0 Å². The highest BCUT2D eigenvalue weighted by molar-refractivity contribution is 7.21. The number of aliphatic hydroxyl groups is 1. The molecule has 1 saturated carbocycles. The fourth-order valence-electron chi connectivity index (χ4n) is 4.85. The molecular formula is C27H28N4O4S. The van der Waals surface area contributed by atoms with Gasteiger partial charge in [-0.1, -0.05) is 0 Å². The molecule has 0 spiro atoms. The molecule has 0 radical (unpaired) electrons. The van der Waals surface area contributed by atoms with E-state index in [4.69, 9.17) is 4.74 Å². The van der Waals surface area contributed by atoms with Crippen LogP contribution in [0.1, 0.15) is 45.0 Å². The van der Waals surface area contributed by atoms with Crippen LogP contribution < -0.4 is 10.1 Å². The summed E-state index contributed by atoms with van der Waals surface area (Å²) >= 11 is 1.35. The van der Waals surface area contributed by atoms with E-state index >= 15 is 0 Å². The number of nitrogens with zero attached hydrogens (tertiary/aromatic N) is 3. The number of aryl methyl sites for hydroxylation is 1. The topological polar surface area (TPSA) is 96.7 Å². The molecule has 2 fully saturated rings. The van der Waals surface area contributed by atoms with Gasteiger partial charge < -0.3 is 24.6 Å². The largest absolute Gasteiger partial charge is 0.456 e. The van der Waals surface area contributed by atoms with Crippen molar-refractivity contribution in [2.45, 2.75) is 32.3 Å². The van der Waals surface area contributed by atoms with Crippen molar-refractivity contribution in [2.75, 3.05) is 19.6 Å². The minimum atomic E-state index is -0.457. The highest BCUT2D eigenvalue weighted by Crippen LogP contribution is 2.37. The molecule has 186 valence electrons. The number of ether oxygens (including phenoxy) is 1. The first-order valence-electron chi connectivity index (χ1n) is 12.3. The predicted octanol–water partition coefficient (Wildman–Crippen LogP) is 4.24. The molecule has 2 aliphatic rings. The highest BCUT2D eigenvalue weighted by Gasteiger charge is 2.27. The van der Waals surface area contributed by atoms with Gasteiger partial charge in [-0.2, -0.15) is 0 Å². The summed E-state index contributed by atoms with van der Waals surface area (Å²) in [6, 6.07) is 9.33. The van der Waals surface area contributed by atoms with Crippen LogP contribution in [0.15, 0.2) is 36.5 Å². The van der Waals surface area contributed by atoms with Crippen LogP contribution in [0.3, 0.4) is 0 Å². The molecule has 1 aliphatic carbocycles. The molecule has 6 rings (SSSR count). The van der Waals surface area contributed by atoms with Crippen molar-refractivity contribution in [3.63, 3.8) is 0 Å². The Morgan fingerprint density at radius 3 is 2.81 bits per heavy atom. The molecule has 1 aliphatic heterocycles. The number of nitrogens with one attached hydrogen (secondary N) is 1. The second kappa shape index (κ2) is 8.90. The van der Waals surface area contributed by atoms with Crippen LogP contribution >= 0.6 is 11.3 Å². The average molecular weight is 505 g/mol. The first-order valence-corrected chi connectivity index (χ1v) is 13.1. The molecule has 4 heterocycles. The number of fused-ring (bicyclic) bond motifs is 2. The summed E-state index contributed by atoms with van der Waals surface area (Å²) in [5.74, 6) is 1.77. The monoisotopic (exact) mass is 504 g/mol. The van der Waals surface area contributed by atoms with Gasteiger partial charge in [-0.25, -0.2) is 0 Å². The Bertz CT molecular complexity index is 1500. The minimum Gasteiger partial charge on any atom is -0.456 e. The molecule has 0 bridgehead atoms. The smallest absolute Gasteiger partial charge is 0.264 e. The summed E-state index contributed by atoms with van der Waals surface area (Å²) in [6.45, 7) is 3.61. The number of hydrogen-bond acceptors (Lipinski definition) is 6. The van der Waals surface area contributed by atoms with Crippen LogP contribution in [0.25, 0.3) is 21.1 Å². The number of aromatic nitrogens is 2. The van der Waals surface area contributed by atoms with Gasteiger partial charge in [0.25, 0.3) is 11.8 Å². The summed E-state index contributed by atoms with van der Waals surface area (Å²) in [5.41, 5.74) is 3.24. The summed E-state index contributed by atoms with van der Waals surface area (Å²) in [5, 5.41) is 13.8. The third-order valence-electron chi connectivity index (χ3n) is 7.21. The van der Waals surface area contributed by atoms with Gasteiger partial charge in [-0.05, 0) is 50.3 Å². The number of likely N-dealkylation sites (tertiary alicyclic amines) is 1. The molecule has 3 aromatic heterocycles. The Hall–Kier alpha value is -3.43. The number of hydrogen-bond donors (Lipinski definition) is 2. The van der Waals surface area contributed by atoms with Crippen molar-refractivity contribution in [1.29, 1.82) is 0 Å². The van der Waals surface area contributed by atoms with E-state index < -0.39 is 6.10 Å². The second-order valence-corrected chi connectivity index (χ2v) is 10.8. The van der Waals surface area contributed by atoms with E-state index in [1.165, 1.54) is 24.2 Å². The standard InChI is InChI=1S/C27H28N4O4S/c1-15-24(26(33)29-13-16-3-4-16)19-6-5-18(11-21(19)30(15)2)35-22-7-9-28-20-12-23(36-25(20)22)27(34)31-10-8-17(32)14-31/h5-7,9,11-12,16-17,32H,3-4,8,10,13-14H2,1-2H3,(H,29,33)/t17-/m1/s1. The van der Waals surface area contributed by atoms with Gasteiger partial charge >= 0.3 is 0 Å². The normalized spacial score (nSPS) is 17.8. The van der Waals surface area contributed by atoms with Crippen molar-refractivity contribution in [1.82, 2.24) is 19.8 Å². The summed E-state index contributed by atoms with van der Waals surface area (Å²) in [6.07, 6.45) is 4.21. The minimum absolute atomic E-state index is 0.0317. The molecule has 1 saturated heterocycles.